The predicted octanol–water partition coefficient (Wildman–Crippen LogP) is 1.81. The highest BCUT2D eigenvalue weighted by molar-refractivity contribution is 7.90. The van der Waals surface area contributed by atoms with Crippen LogP contribution in [0, 0.1) is 0 Å². The minimum Gasteiger partial charge on any atom is -0.494 e. The van der Waals surface area contributed by atoms with Crippen molar-refractivity contribution in [2.24, 2.45) is 0 Å². The van der Waals surface area contributed by atoms with Gasteiger partial charge in [0.05, 0.1) is 12.8 Å². The zero-order chi connectivity index (χ0) is 14.8. The second-order valence-electron chi connectivity index (χ2n) is 5.02. The molecule has 1 aliphatic rings. The van der Waals surface area contributed by atoms with Crippen LogP contribution in [0.4, 0.5) is 11.4 Å². The van der Waals surface area contributed by atoms with Crippen LogP contribution in [0.15, 0.2) is 18.2 Å². The molecule has 112 valence electrons. The Hall–Kier alpha value is -1.47. The number of methoxy groups -OCH3 is 1. The molecule has 0 saturated carbocycles. The highest BCUT2D eigenvalue weighted by Gasteiger charge is 2.30. The van der Waals surface area contributed by atoms with Gasteiger partial charge in [-0.05, 0) is 31.9 Å². The summed E-state index contributed by atoms with van der Waals surface area (Å²) in [4.78, 5) is 0. The number of nitrogen functional groups attached to an aromatic ring is 1. The molecular formula is C13H21N3O3S. The maximum absolute atomic E-state index is 12.4. The van der Waals surface area contributed by atoms with Crippen LogP contribution in [0.2, 0.25) is 0 Å². The van der Waals surface area contributed by atoms with E-state index in [-0.39, 0.29) is 6.04 Å². The van der Waals surface area contributed by atoms with Crippen LogP contribution >= 0.6 is 0 Å². The van der Waals surface area contributed by atoms with E-state index in [1.807, 2.05) is 6.92 Å². The van der Waals surface area contributed by atoms with E-state index in [1.54, 1.807) is 18.2 Å². The highest BCUT2D eigenvalue weighted by Crippen LogP contribution is 2.29. The van der Waals surface area contributed by atoms with Crippen LogP contribution < -0.4 is 15.2 Å². The van der Waals surface area contributed by atoms with Crippen molar-refractivity contribution < 1.29 is 13.2 Å². The van der Waals surface area contributed by atoms with Crippen molar-refractivity contribution in [3.8, 4) is 5.75 Å². The van der Waals surface area contributed by atoms with Gasteiger partial charge in [0, 0.05) is 24.3 Å². The molecule has 1 aromatic carbocycles. The standard InChI is InChI=1S/C13H21N3O3S/c1-10-5-3-4-8-16(10)20(17,18)15-12-7-6-11(14)9-13(12)19-2/h6-7,9-10,15H,3-5,8,14H2,1-2H3. The van der Waals surface area contributed by atoms with Crippen LogP contribution in [0.5, 0.6) is 5.75 Å². The van der Waals surface area contributed by atoms with E-state index in [0.29, 0.717) is 23.7 Å². The van der Waals surface area contributed by atoms with Gasteiger partial charge >= 0.3 is 10.2 Å². The van der Waals surface area contributed by atoms with Crippen molar-refractivity contribution >= 4 is 21.6 Å². The van der Waals surface area contributed by atoms with E-state index in [2.05, 4.69) is 4.72 Å². The summed E-state index contributed by atoms with van der Waals surface area (Å²) in [6.45, 7) is 2.48. The molecule has 7 heteroatoms. The summed E-state index contributed by atoms with van der Waals surface area (Å²) in [5, 5.41) is 0. The maximum atomic E-state index is 12.4. The monoisotopic (exact) mass is 299 g/mol. The number of nitrogens with one attached hydrogen (secondary N) is 1. The minimum atomic E-state index is -3.57. The van der Waals surface area contributed by atoms with Gasteiger partial charge in [-0.2, -0.15) is 12.7 Å². The van der Waals surface area contributed by atoms with Crippen LogP contribution in [0.25, 0.3) is 0 Å². The Morgan fingerprint density at radius 3 is 2.80 bits per heavy atom. The Bertz CT molecular complexity index is 574. The number of hydrogen-bond acceptors (Lipinski definition) is 4. The maximum Gasteiger partial charge on any atom is 0.302 e. The molecule has 0 aromatic heterocycles. The lowest BCUT2D eigenvalue weighted by Gasteiger charge is -2.32. The first-order chi connectivity index (χ1) is 9.44. The van der Waals surface area contributed by atoms with Crippen LogP contribution in [-0.2, 0) is 10.2 Å². The number of nitrogens with two attached hydrogens (primary N) is 1. The molecule has 0 radical (unpaired) electrons. The number of rotatable bonds is 4. The normalized spacial score (nSPS) is 20.6. The Labute approximate surface area is 120 Å². The fourth-order valence-corrected chi connectivity index (χ4v) is 3.93. The lowest BCUT2D eigenvalue weighted by Crippen LogP contribution is -2.44. The van der Waals surface area contributed by atoms with Crippen molar-refractivity contribution in [2.45, 2.75) is 32.2 Å². The quantitative estimate of drug-likeness (QED) is 0.830. The smallest absolute Gasteiger partial charge is 0.302 e. The third kappa shape index (κ3) is 3.16. The second-order valence-corrected chi connectivity index (χ2v) is 6.65. The van der Waals surface area contributed by atoms with Gasteiger partial charge in [-0.15, -0.1) is 0 Å². The summed E-state index contributed by atoms with van der Waals surface area (Å²) in [5.74, 6) is 0.415. The molecule has 1 aliphatic heterocycles. The number of hydrogen-bond donors (Lipinski definition) is 2. The van der Waals surface area contributed by atoms with E-state index in [1.165, 1.54) is 11.4 Å². The third-order valence-electron chi connectivity index (χ3n) is 3.52. The van der Waals surface area contributed by atoms with Gasteiger partial charge in [0.25, 0.3) is 0 Å². The van der Waals surface area contributed by atoms with Crippen molar-refractivity contribution in [1.29, 1.82) is 0 Å². The fourth-order valence-electron chi connectivity index (χ4n) is 2.42. The topological polar surface area (TPSA) is 84.7 Å². The summed E-state index contributed by atoms with van der Waals surface area (Å²) >= 11 is 0. The van der Waals surface area contributed by atoms with Gasteiger partial charge in [-0.25, -0.2) is 0 Å². The molecule has 2 rings (SSSR count). The third-order valence-corrected chi connectivity index (χ3v) is 5.15. The van der Waals surface area contributed by atoms with E-state index in [4.69, 9.17) is 10.5 Å². The first-order valence-electron chi connectivity index (χ1n) is 6.67. The van der Waals surface area contributed by atoms with Gasteiger partial charge in [-0.1, -0.05) is 6.42 Å². The van der Waals surface area contributed by atoms with Crippen LogP contribution in [0.3, 0.4) is 0 Å². The van der Waals surface area contributed by atoms with E-state index in [9.17, 15) is 8.42 Å². The van der Waals surface area contributed by atoms with Crippen molar-refractivity contribution in [2.75, 3.05) is 24.1 Å². The van der Waals surface area contributed by atoms with Gasteiger partial charge in [0.1, 0.15) is 5.75 Å². The fraction of sp³-hybridized carbons (Fsp3) is 0.538. The summed E-state index contributed by atoms with van der Waals surface area (Å²) in [6.07, 6.45) is 2.85. The zero-order valence-corrected chi connectivity index (χ0v) is 12.6. The Balaban J connectivity index is 2.23. The van der Waals surface area contributed by atoms with E-state index >= 15 is 0 Å². The van der Waals surface area contributed by atoms with Gasteiger partial charge < -0.3 is 10.5 Å². The molecular weight excluding hydrogens is 278 g/mol. The molecule has 1 unspecified atom stereocenters. The average Bonchev–Trinajstić information content (AvgIpc) is 2.41. The van der Waals surface area contributed by atoms with Crippen molar-refractivity contribution in [3.05, 3.63) is 18.2 Å². The Morgan fingerprint density at radius 1 is 1.40 bits per heavy atom. The molecule has 3 N–H and O–H groups in total. The summed E-state index contributed by atoms with van der Waals surface area (Å²) in [5.41, 5.74) is 6.59. The minimum absolute atomic E-state index is 0.0148. The van der Waals surface area contributed by atoms with Crippen molar-refractivity contribution in [1.82, 2.24) is 4.31 Å². The molecule has 20 heavy (non-hydrogen) atoms. The zero-order valence-electron chi connectivity index (χ0n) is 11.8. The molecule has 0 aliphatic carbocycles. The number of benzene rings is 1. The van der Waals surface area contributed by atoms with Crippen molar-refractivity contribution in [3.63, 3.8) is 0 Å². The molecule has 0 bridgehead atoms. The van der Waals surface area contributed by atoms with Gasteiger partial charge in [0.2, 0.25) is 0 Å². The highest BCUT2D eigenvalue weighted by atomic mass is 32.2. The first-order valence-corrected chi connectivity index (χ1v) is 8.11. The molecule has 1 atom stereocenters. The average molecular weight is 299 g/mol. The lowest BCUT2D eigenvalue weighted by atomic mass is 10.1. The number of piperidine rings is 1. The number of nitrogens with zero attached hydrogens (tertiary/aromatic N) is 1. The number of ether oxygens (including phenoxy) is 1. The molecule has 1 saturated heterocycles. The van der Waals surface area contributed by atoms with Crippen LogP contribution in [0.1, 0.15) is 26.2 Å². The lowest BCUT2D eigenvalue weighted by molar-refractivity contribution is 0.270. The Morgan fingerprint density at radius 2 is 2.15 bits per heavy atom. The Kier molecular flexibility index (Phi) is 4.39. The molecule has 1 fully saturated rings. The second kappa shape index (κ2) is 5.88. The summed E-state index contributed by atoms with van der Waals surface area (Å²) < 4.78 is 34.1. The molecule has 1 heterocycles. The molecule has 0 spiro atoms. The van der Waals surface area contributed by atoms with E-state index in [0.717, 1.165) is 19.3 Å². The van der Waals surface area contributed by atoms with E-state index < -0.39 is 10.2 Å². The largest absolute Gasteiger partial charge is 0.494 e. The molecule has 6 nitrogen and oxygen atoms in total. The first kappa shape index (κ1) is 14.9. The van der Waals surface area contributed by atoms with Gasteiger partial charge in [0.15, 0.2) is 0 Å². The molecule has 0 amide bonds. The van der Waals surface area contributed by atoms with Gasteiger partial charge in [-0.3, -0.25) is 4.72 Å². The SMILES string of the molecule is COc1cc(N)ccc1NS(=O)(=O)N1CCCCC1C. The van der Waals surface area contributed by atoms with Crippen LogP contribution in [-0.4, -0.2) is 32.4 Å². The predicted molar refractivity (Wildman–Crippen MR) is 80.0 cm³/mol. The number of anilines is 2. The molecule has 1 aromatic rings. The summed E-state index contributed by atoms with van der Waals surface area (Å²) in [7, 11) is -2.09. The summed E-state index contributed by atoms with van der Waals surface area (Å²) in [6, 6.07) is 4.86.